The summed E-state index contributed by atoms with van der Waals surface area (Å²) in [6, 6.07) is 1.65. The number of nitrogens with zero attached hydrogens (tertiary/aromatic N) is 3. The molecular formula is C15H21Cl2N3O2Si. The summed E-state index contributed by atoms with van der Waals surface area (Å²) in [5, 5.41) is 8.84. The van der Waals surface area contributed by atoms with Gasteiger partial charge in [0, 0.05) is 19.2 Å². The van der Waals surface area contributed by atoms with Gasteiger partial charge in [-0.15, -0.1) is 10.2 Å². The van der Waals surface area contributed by atoms with E-state index in [0.29, 0.717) is 35.4 Å². The molecule has 0 aliphatic rings. The van der Waals surface area contributed by atoms with Crippen LogP contribution in [0.1, 0.15) is 26.7 Å². The summed E-state index contributed by atoms with van der Waals surface area (Å²) >= 11 is 11.7. The lowest BCUT2D eigenvalue weighted by molar-refractivity contribution is 0.280. The average Bonchev–Trinajstić information content (AvgIpc) is 2.89. The van der Waals surface area contributed by atoms with Crippen molar-refractivity contribution in [2.75, 3.05) is 6.61 Å². The van der Waals surface area contributed by atoms with Crippen LogP contribution in [-0.4, -0.2) is 30.1 Å². The van der Waals surface area contributed by atoms with Crippen LogP contribution in [0.3, 0.4) is 0 Å². The first kappa shape index (κ1) is 18.4. The zero-order valence-corrected chi connectivity index (χ0v) is 16.5. The van der Waals surface area contributed by atoms with E-state index in [0.717, 1.165) is 0 Å². The van der Waals surface area contributed by atoms with Crippen molar-refractivity contribution in [2.45, 2.75) is 45.3 Å². The Labute approximate surface area is 147 Å². The molecule has 0 atom stereocenters. The first-order chi connectivity index (χ1) is 10.6. The van der Waals surface area contributed by atoms with Crippen LogP contribution in [0.25, 0.3) is 11.5 Å². The highest BCUT2D eigenvalue weighted by atomic mass is 35.5. The van der Waals surface area contributed by atoms with Gasteiger partial charge in [0.2, 0.25) is 11.8 Å². The van der Waals surface area contributed by atoms with E-state index >= 15 is 0 Å². The Morgan fingerprint density at radius 3 is 2.52 bits per heavy atom. The molecule has 0 N–H and O–H groups in total. The van der Waals surface area contributed by atoms with E-state index in [1.165, 1.54) is 0 Å². The van der Waals surface area contributed by atoms with Gasteiger partial charge in [-0.1, -0.05) is 44.0 Å². The molecule has 0 saturated carbocycles. The summed E-state index contributed by atoms with van der Waals surface area (Å²) in [5.74, 6) is 0.906. The van der Waals surface area contributed by atoms with Crippen LogP contribution in [0.5, 0.6) is 0 Å². The molecule has 126 valence electrons. The molecule has 2 aromatic heterocycles. The maximum absolute atomic E-state index is 6.11. The van der Waals surface area contributed by atoms with Gasteiger partial charge in [0.1, 0.15) is 5.15 Å². The molecule has 2 rings (SSSR count). The second kappa shape index (κ2) is 6.89. The standard InChI is InChI=1S/C15H21Cl2N3O2Si/c1-15(2,3)23(4,5)21-7-6-12-19-20-14(22-12)10-8-11(16)13(17)18-9-10/h8-9H,6-7H2,1-5H3. The van der Waals surface area contributed by atoms with E-state index in [9.17, 15) is 0 Å². The molecule has 2 heterocycles. The van der Waals surface area contributed by atoms with Gasteiger partial charge >= 0.3 is 0 Å². The fraction of sp³-hybridized carbons (Fsp3) is 0.533. The summed E-state index contributed by atoms with van der Waals surface area (Å²) in [7, 11) is -1.76. The Kier molecular flexibility index (Phi) is 5.50. The van der Waals surface area contributed by atoms with Gasteiger partial charge in [-0.05, 0) is 24.2 Å². The second-order valence-corrected chi connectivity index (χ2v) is 12.4. The molecule has 8 heteroatoms. The quantitative estimate of drug-likeness (QED) is 0.544. The average molecular weight is 374 g/mol. The molecule has 0 aliphatic heterocycles. The molecule has 0 unspecified atom stereocenters. The molecule has 0 radical (unpaired) electrons. The van der Waals surface area contributed by atoms with Crippen molar-refractivity contribution < 1.29 is 8.84 Å². The molecule has 0 aliphatic carbocycles. The fourth-order valence-electron chi connectivity index (χ4n) is 1.62. The highest BCUT2D eigenvalue weighted by Crippen LogP contribution is 2.36. The Morgan fingerprint density at radius 1 is 1.22 bits per heavy atom. The van der Waals surface area contributed by atoms with E-state index in [-0.39, 0.29) is 10.2 Å². The Balaban J connectivity index is 1.99. The predicted molar refractivity (Wildman–Crippen MR) is 94.4 cm³/mol. The third kappa shape index (κ3) is 4.53. The molecular weight excluding hydrogens is 353 g/mol. The molecule has 0 fully saturated rings. The van der Waals surface area contributed by atoms with Crippen molar-refractivity contribution in [2.24, 2.45) is 0 Å². The van der Waals surface area contributed by atoms with Crippen molar-refractivity contribution in [3.63, 3.8) is 0 Å². The zero-order chi connectivity index (χ0) is 17.3. The first-order valence-corrected chi connectivity index (χ1v) is 11.0. The molecule has 0 spiro atoms. The van der Waals surface area contributed by atoms with E-state index < -0.39 is 8.32 Å². The Morgan fingerprint density at radius 2 is 1.91 bits per heavy atom. The van der Waals surface area contributed by atoms with Crippen LogP contribution < -0.4 is 0 Å². The van der Waals surface area contributed by atoms with Crippen molar-refractivity contribution in [3.05, 3.63) is 28.3 Å². The summed E-state index contributed by atoms with van der Waals surface area (Å²) in [6.45, 7) is 11.6. The number of pyridine rings is 1. The minimum absolute atomic E-state index is 0.179. The van der Waals surface area contributed by atoms with Crippen LogP contribution in [0.4, 0.5) is 0 Å². The van der Waals surface area contributed by atoms with Gasteiger partial charge in [0.25, 0.3) is 0 Å². The minimum Gasteiger partial charge on any atom is -0.421 e. The highest BCUT2D eigenvalue weighted by molar-refractivity contribution is 6.74. The van der Waals surface area contributed by atoms with Crippen LogP contribution in [0, 0.1) is 0 Å². The van der Waals surface area contributed by atoms with Crippen molar-refractivity contribution in [1.82, 2.24) is 15.2 Å². The Bertz CT molecular complexity index is 684. The van der Waals surface area contributed by atoms with E-state index in [1.807, 2.05) is 0 Å². The largest absolute Gasteiger partial charge is 0.421 e. The minimum atomic E-state index is -1.76. The molecule has 0 aromatic carbocycles. The van der Waals surface area contributed by atoms with Crippen LogP contribution >= 0.6 is 23.2 Å². The zero-order valence-electron chi connectivity index (χ0n) is 14.0. The van der Waals surface area contributed by atoms with Crippen LogP contribution in [-0.2, 0) is 10.8 Å². The van der Waals surface area contributed by atoms with Crippen LogP contribution in [0.15, 0.2) is 16.7 Å². The van der Waals surface area contributed by atoms with Crippen molar-refractivity contribution >= 4 is 31.5 Å². The maximum atomic E-state index is 6.11. The molecule has 0 saturated heterocycles. The van der Waals surface area contributed by atoms with Gasteiger partial charge in [-0.2, -0.15) is 0 Å². The van der Waals surface area contributed by atoms with Crippen LogP contribution in [0.2, 0.25) is 28.3 Å². The van der Waals surface area contributed by atoms with Gasteiger partial charge < -0.3 is 8.84 Å². The summed E-state index contributed by atoms with van der Waals surface area (Å²) in [6.07, 6.45) is 2.13. The lowest BCUT2D eigenvalue weighted by atomic mass is 10.2. The van der Waals surface area contributed by atoms with E-state index in [2.05, 4.69) is 49.0 Å². The number of hydrogen-bond donors (Lipinski definition) is 0. The third-order valence-corrected chi connectivity index (χ3v) is 9.32. The van der Waals surface area contributed by atoms with Gasteiger partial charge in [-0.3, -0.25) is 0 Å². The Hall–Kier alpha value is -0.953. The fourth-order valence-corrected chi connectivity index (χ4v) is 2.93. The highest BCUT2D eigenvalue weighted by Gasteiger charge is 2.36. The predicted octanol–water partition coefficient (Wildman–Crippen LogP) is 5.00. The smallest absolute Gasteiger partial charge is 0.249 e. The summed E-state index contributed by atoms with van der Waals surface area (Å²) in [5.41, 5.74) is 0.642. The maximum Gasteiger partial charge on any atom is 0.249 e. The third-order valence-electron chi connectivity index (χ3n) is 4.10. The number of rotatable bonds is 5. The normalized spacial score (nSPS) is 12.7. The van der Waals surface area contributed by atoms with Gasteiger partial charge in [0.05, 0.1) is 10.6 Å². The number of aromatic nitrogens is 3. The van der Waals surface area contributed by atoms with Crippen molar-refractivity contribution in [1.29, 1.82) is 0 Å². The molecule has 0 bridgehead atoms. The van der Waals surface area contributed by atoms with Gasteiger partial charge in [0.15, 0.2) is 8.32 Å². The van der Waals surface area contributed by atoms with Crippen molar-refractivity contribution in [3.8, 4) is 11.5 Å². The van der Waals surface area contributed by atoms with E-state index in [1.54, 1.807) is 12.3 Å². The molecule has 23 heavy (non-hydrogen) atoms. The van der Waals surface area contributed by atoms with Gasteiger partial charge in [-0.25, -0.2) is 4.98 Å². The first-order valence-electron chi connectivity index (χ1n) is 7.38. The lowest BCUT2D eigenvalue weighted by Crippen LogP contribution is -2.41. The number of halogens is 2. The topological polar surface area (TPSA) is 61.0 Å². The SMILES string of the molecule is CC(C)(C)[Si](C)(C)OCCc1nnc(-c2cnc(Cl)c(Cl)c2)o1. The monoisotopic (exact) mass is 373 g/mol. The molecule has 2 aromatic rings. The summed E-state index contributed by atoms with van der Waals surface area (Å²) < 4.78 is 11.7. The molecule has 5 nitrogen and oxygen atoms in total. The summed E-state index contributed by atoms with van der Waals surface area (Å²) in [4.78, 5) is 3.97. The lowest BCUT2D eigenvalue weighted by Gasteiger charge is -2.36. The second-order valence-electron chi connectivity index (χ2n) is 6.86. The number of hydrogen-bond acceptors (Lipinski definition) is 5. The molecule has 0 amide bonds. The van der Waals surface area contributed by atoms with E-state index in [4.69, 9.17) is 32.0 Å².